The number of epoxide rings is 1. The van der Waals surface area contributed by atoms with Crippen molar-refractivity contribution in [3.8, 4) is 0 Å². The number of hydrogen-bond acceptors (Lipinski definition) is 3. The van der Waals surface area contributed by atoms with Gasteiger partial charge in [-0.15, -0.1) is 0 Å². The van der Waals surface area contributed by atoms with Gasteiger partial charge in [-0.1, -0.05) is 41.9 Å². The van der Waals surface area contributed by atoms with Crippen LogP contribution in [0.5, 0.6) is 0 Å². The molecule has 1 aliphatic heterocycles. The maximum absolute atomic E-state index is 13.3. The van der Waals surface area contributed by atoms with Crippen molar-refractivity contribution in [1.29, 1.82) is 0 Å². The SMILES string of the molecule is Fc1ccc(C2(Cn3[nH]cnc3=S)OC2c2ccccc2Cl)cc1. The fraction of sp³-hybridized carbons (Fsp3) is 0.176. The van der Waals surface area contributed by atoms with E-state index in [1.807, 2.05) is 24.3 Å². The first-order valence-corrected chi connectivity index (χ1v) is 8.17. The number of hydrogen-bond donors (Lipinski definition) is 1. The zero-order valence-electron chi connectivity index (χ0n) is 12.4. The minimum atomic E-state index is -0.663. The zero-order valence-corrected chi connectivity index (χ0v) is 14.0. The summed E-state index contributed by atoms with van der Waals surface area (Å²) in [7, 11) is 0. The van der Waals surface area contributed by atoms with E-state index >= 15 is 0 Å². The number of benzene rings is 2. The molecule has 7 heteroatoms. The van der Waals surface area contributed by atoms with Crippen molar-refractivity contribution in [3.63, 3.8) is 0 Å². The molecule has 1 fully saturated rings. The highest BCUT2D eigenvalue weighted by molar-refractivity contribution is 7.71. The van der Waals surface area contributed by atoms with Crippen LogP contribution in [0.15, 0.2) is 54.9 Å². The summed E-state index contributed by atoms with van der Waals surface area (Å²) in [5.74, 6) is -0.290. The molecule has 122 valence electrons. The van der Waals surface area contributed by atoms with E-state index in [1.165, 1.54) is 18.5 Å². The van der Waals surface area contributed by atoms with Crippen LogP contribution in [0.2, 0.25) is 5.02 Å². The lowest BCUT2D eigenvalue weighted by Gasteiger charge is -2.15. The summed E-state index contributed by atoms with van der Waals surface area (Å²) in [6.45, 7) is 0.438. The van der Waals surface area contributed by atoms with Crippen LogP contribution in [0.1, 0.15) is 17.2 Å². The van der Waals surface area contributed by atoms with Gasteiger partial charge in [0.2, 0.25) is 4.77 Å². The molecule has 3 aromatic rings. The molecule has 2 atom stereocenters. The molecule has 0 saturated carbocycles. The Balaban J connectivity index is 1.77. The molecule has 2 heterocycles. The summed E-state index contributed by atoms with van der Waals surface area (Å²) in [4.78, 5) is 4.03. The van der Waals surface area contributed by atoms with Gasteiger partial charge < -0.3 is 4.74 Å². The van der Waals surface area contributed by atoms with Crippen molar-refractivity contribution < 1.29 is 9.13 Å². The Kier molecular flexibility index (Phi) is 3.75. The zero-order chi connectivity index (χ0) is 16.7. The van der Waals surface area contributed by atoms with E-state index in [0.29, 0.717) is 16.3 Å². The molecule has 2 aromatic carbocycles. The quantitative estimate of drug-likeness (QED) is 0.553. The number of halogens is 2. The second-order valence-electron chi connectivity index (χ2n) is 5.67. The molecule has 4 rings (SSSR count). The standard InChI is InChI=1S/C17H13ClFN3OS/c18-14-4-2-1-3-13(14)15-17(23-15,9-22-16(24)20-10-21-22)11-5-7-12(19)8-6-11/h1-8,10,15H,9H2,(H,20,21,24). The minimum absolute atomic E-state index is 0.234. The third kappa shape index (κ3) is 2.56. The molecule has 1 aliphatic rings. The maximum atomic E-state index is 13.3. The molecule has 0 bridgehead atoms. The Morgan fingerprint density at radius 2 is 2.00 bits per heavy atom. The van der Waals surface area contributed by atoms with Crippen LogP contribution >= 0.6 is 23.8 Å². The third-order valence-corrected chi connectivity index (χ3v) is 4.90. The largest absolute Gasteiger partial charge is 0.354 e. The fourth-order valence-electron chi connectivity index (χ4n) is 2.97. The van der Waals surface area contributed by atoms with Crippen LogP contribution in [-0.4, -0.2) is 14.8 Å². The normalized spacial score (nSPS) is 22.5. The lowest BCUT2D eigenvalue weighted by molar-refractivity contribution is 0.261. The Morgan fingerprint density at radius 3 is 2.67 bits per heavy atom. The van der Waals surface area contributed by atoms with Gasteiger partial charge in [0.25, 0.3) is 0 Å². The molecule has 2 unspecified atom stereocenters. The van der Waals surface area contributed by atoms with Gasteiger partial charge in [0.1, 0.15) is 23.8 Å². The van der Waals surface area contributed by atoms with Crippen molar-refractivity contribution in [1.82, 2.24) is 14.8 Å². The second kappa shape index (κ2) is 5.81. The number of aromatic nitrogens is 3. The van der Waals surface area contributed by atoms with Gasteiger partial charge in [-0.2, -0.15) is 0 Å². The third-order valence-electron chi connectivity index (χ3n) is 4.23. The molecule has 0 spiro atoms. The van der Waals surface area contributed by atoms with E-state index in [-0.39, 0.29) is 11.9 Å². The topological polar surface area (TPSA) is 46.1 Å². The van der Waals surface area contributed by atoms with E-state index in [0.717, 1.165) is 11.1 Å². The summed E-state index contributed by atoms with van der Waals surface area (Å²) in [6.07, 6.45) is 1.30. The van der Waals surface area contributed by atoms with Crippen molar-refractivity contribution in [2.45, 2.75) is 18.2 Å². The molecule has 24 heavy (non-hydrogen) atoms. The maximum Gasteiger partial charge on any atom is 0.215 e. The van der Waals surface area contributed by atoms with Gasteiger partial charge in [0.05, 0.1) is 6.54 Å². The van der Waals surface area contributed by atoms with Crippen LogP contribution in [0, 0.1) is 10.6 Å². The van der Waals surface area contributed by atoms with Gasteiger partial charge in [-0.05, 0) is 36.0 Å². The molecular weight excluding hydrogens is 349 g/mol. The highest BCUT2D eigenvalue weighted by atomic mass is 35.5. The van der Waals surface area contributed by atoms with Gasteiger partial charge in [-0.25, -0.2) is 9.37 Å². The van der Waals surface area contributed by atoms with E-state index < -0.39 is 5.60 Å². The number of nitrogens with zero attached hydrogens (tertiary/aromatic N) is 2. The first-order valence-electron chi connectivity index (χ1n) is 7.39. The first-order chi connectivity index (χ1) is 11.6. The van der Waals surface area contributed by atoms with E-state index in [9.17, 15) is 4.39 Å². The Labute approximate surface area is 147 Å². The average Bonchev–Trinajstić information content (AvgIpc) is 3.16. The lowest BCUT2D eigenvalue weighted by Crippen LogP contribution is -2.20. The predicted molar refractivity (Wildman–Crippen MR) is 90.8 cm³/mol. The van der Waals surface area contributed by atoms with Crippen molar-refractivity contribution in [2.24, 2.45) is 0 Å². The summed E-state index contributed by atoms with van der Waals surface area (Å²) >= 11 is 11.5. The Bertz CT molecular complexity index is 939. The minimum Gasteiger partial charge on any atom is -0.354 e. The van der Waals surface area contributed by atoms with Crippen LogP contribution in [-0.2, 0) is 16.9 Å². The number of ether oxygens (including phenoxy) is 1. The molecule has 1 aromatic heterocycles. The van der Waals surface area contributed by atoms with E-state index in [2.05, 4.69) is 10.1 Å². The number of H-pyrrole nitrogens is 1. The van der Waals surface area contributed by atoms with Gasteiger partial charge in [0, 0.05) is 10.6 Å². The second-order valence-corrected chi connectivity index (χ2v) is 6.44. The van der Waals surface area contributed by atoms with E-state index in [1.54, 1.807) is 16.8 Å². The van der Waals surface area contributed by atoms with Crippen LogP contribution < -0.4 is 0 Å². The van der Waals surface area contributed by atoms with Gasteiger partial charge >= 0.3 is 0 Å². The highest BCUT2D eigenvalue weighted by Crippen LogP contribution is 2.59. The fourth-order valence-corrected chi connectivity index (χ4v) is 3.37. The predicted octanol–water partition coefficient (Wildman–Crippen LogP) is 4.40. The molecule has 1 saturated heterocycles. The first kappa shape index (κ1) is 15.5. The number of aromatic amines is 1. The molecule has 0 aliphatic carbocycles. The number of rotatable bonds is 4. The van der Waals surface area contributed by atoms with Crippen LogP contribution in [0.25, 0.3) is 0 Å². The summed E-state index contributed by atoms with van der Waals surface area (Å²) in [6, 6.07) is 13.9. The summed E-state index contributed by atoms with van der Waals surface area (Å²) < 4.78 is 21.6. The molecule has 1 N–H and O–H groups in total. The summed E-state index contributed by atoms with van der Waals surface area (Å²) in [5, 5.41) is 3.62. The van der Waals surface area contributed by atoms with Crippen molar-refractivity contribution >= 4 is 23.8 Å². The lowest BCUT2D eigenvalue weighted by atomic mass is 9.91. The number of nitrogens with one attached hydrogen (secondary N) is 1. The average molecular weight is 362 g/mol. The summed E-state index contributed by atoms with van der Waals surface area (Å²) in [5.41, 5.74) is 1.10. The molecular formula is C17H13ClFN3OS. The van der Waals surface area contributed by atoms with Crippen molar-refractivity contribution in [2.75, 3.05) is 0 Å². The molecule has 0 amide bonds. The highest BCUT2D eigenvalue weighted by Gasteiger charge is 2.59. The monoisotopic (exact) mass is 361 g/mol. The van der Waals surface area contributed by atoms with Crippen molar-refractivity contribution in [3.05, 3.63) is 81.6 Å². The van der Waals surface area contributed by atoms with Crippen LogP contribution in [0.4, 0.5) is 4.39 Å². The Morgan fingerprint density at radius 1 is 1.25 bits per heavy atom. The molecule has 4 nitrogen and oxygen atoms in total. The van der Waals surface area contributed by atoms with Crippen LogP contribution in [0.3, 0.4) is 0 Å². The van der Waals surface area contributed by atoms with Gasteiger partial charge in [0.15, 0.2) is 0 Å². The van der Waals surface area contributed by atoms with E-state index in [4.69, 9.17) is 28.6 Å². The molecule has 0 radical (unpaired) electrons. The smallest absolute Gasteiger partial charge is 0.215 e. The Hall–Kier alpha value is -2.02. The van der Waals surface area contributed by atoms with Gasteiger partial charge in [-0.3, -0.25) is 9.78 Å².